The van der Waals surface area contributed by atoms with Crippen LogP contribution in [-0.2, 0) is 6.42 Å². The molecule has 2 N–H and O–H groups in total. The van der Waals surface area contributed by atoms with Gasteiger partial charge >= 0.3 is 0 Å². The van der Waals surface area contributed by atoms with E-state index in [2.05, 4.69) is 0 Å². The summed E-state index contributed by atoms with van der Waals surface area (Å²) in [6, 6.07) is 11.7. The summed E-state index contributed by atoms with van der Waals surface area (Å²) in [4.78, 5) is 0.691. The van der Waals surface area contributed by atoms with Crippen LogP contribution < -0.4 is 10.5 Å². The number of hydrogen-bond donors (Lipinski definition) is 1. The van der Waals surface area contributed by atoms with Crippen LogP contribution in [0.15, 0.2) is 47.4 Å². The molecule has 2 rings (SSSR count). The highest BCUT2D eigenvalue weighted by molar-refractivity contribution is 7.99. The van der Waals surface area contributed by atoms with Gasteiger partial charge in [0.1, 0.15) is 5.75 Å². The molecule has 5 heteroatoms. The van der Waals surface area contributed by atoms with Crippen molar-refractivity contribution in [1.82, 2.24) is 0 Å². The Morgan fingerprint density at radius 3 is 2.43 bits per heavy atom. The summed E-state index contributed by atoms with van der Waals surface area (Å²) in [7, 11) is 0. The Kier molecular flexibility index (Phi) is 6.02. The first-order valence-electron chi connectivity index (χ1n) is 6.68. The quantitative estimate of drug-likeness (QED) is 0.626. The Labute approximate surface area is 127 Å². The van der Waals surface area contributed by atoms with Crippen LogP contribution in [-0.4, -0.2) is 18.9 Å². The molecule has 0 heterocycles. The van der Waals surface area contributed by atoms with Crippen molar-refractivity contribution >= 4 is 11.8 Å². The lowest BCUT2D eigenvalue weighted by Crippen LogP contribution is -2.03. The van der Waals surface area contributed by atoms with Gasteiger partial charge in [0.15, 0.2) is 11.6 Å². The number of benzene rings is 2. The van der Waals surface area contributed by atoms with Crippen molar-refractivity contribution in [2.45, 2.75) is 11.3 Å². The van der Waals surface area contributed by atoms with E-state index < -0.39 is 11.6 Å². The molecule has 0 aromatic heterocycles. The summed E-state index contributed by atoms with van der Waals surface area (Å²) in [5.74, 6) is -0.193. The van der Waals surface area contributed by atoms with Crippen LogP contribution in [0.5, 0.6) is 5.75 Å². The Morgan fingerprint density at radius 2 is 1.76 bits per heavy atom. The van der Waals surface area contributed by atoms with Crippen molar-refractivity contribution < 1.29 is 13.5 Å². The van der Waals surface area contributed by atoms with Gasteiger partial charge < -0.3 is 10.5 Å². The van der Waals surface area contributed by atoms with Gasteiger partial charge in [-0.25, -0.2) is 8.78 Å². The van der Waals surface area contributed by atoms with Gasteiger partial charge in [-0.15, -0.1) is 11.8 Å². The van der Waals surface area contributed by atoms with Crippen LogP contribution in [0.3, 0.4) is 0 Å². The van der Waals surface area contributed by atoms with Crippen molar-refractivity contribution in [2.24, 2.45) is 5.73 Å². The molecule has 0 fully saturated rings. The molecule has 0 saturated carbocycles. The molecule has 0 saturated heterocycles. The van der Waals surface area contributed by atoms with Crippen LogP contribution in [0.2, 0.25) is 0 Å². The third kappa shape index (κ3) is 5.02. The average molecular weight is 309 g/mol. The first-order chi connectivity index (χ1) is 10.2. The van der Waals surface area contributed by atoms with Gasteiger partial charge in [0.2, 0.25) is 0 Å². The van der Waals surface area contributed by atoms with Gasteiger partial charge in [-0.1, -0.05) is 12.1 Å². The standard InChI is InChI=1S/C16H17F2NOS/c17-15-6-5-14(11-16(15)18)21-10-9-20-13-3-1-12(2-4-13)7-8-19/h1-6,11H,7-10,19H2. The van der Waals surface area contributed by atoms with Crippen LogP contribution in [0.25, 0.3) is 0 Å². The number of halogens is 2. The Balaban J connectivity index is 1.75. The highest BCUT2D eigenvalue weighted by Crippen LogP contribution is 2.20. The molecule has 2 aromatic rings. The SMILES string of the molecule is NCCc1ccc(OCCSc2ccc(F)c(F)c2)cc1. The number of ether oxygens (including phenoxy) is 1. The van der Waals surface area contributed by atoms with Crippen molar-refractivity contribution in [3.05, 3.63) is 59.7 Å². The topological polar surface area (TPSA) is 35.2 Å². The van der Waals surface area contributed by atoms with E-state index in [1.165, 1.54) is 23.4 Å². The van der Waals surface area contributed by atoms with Crippen molar-refractivity contribution in [2.75, 3.05) is 18.9 Å². The fraction of sp³-hybridized carbons (Fsp3) is 0.250. The van der Waals surface area contributed by atoms with Crippen LogP contribution in [0.1, 0.15) is 5.56 Å². The van der Waals surface area contributed by atoms with Crippen LogP contribution >= 0.6 is 11.8 Å². The van der Waals surface area contributed by atoms with Crippen LogP contribution in [0, 0.1) is 11.6 Å². The summed E-state index contributed by atoms with van der Waals surface area (Å²) < 4.78 is 31.4. The lowest BCUT2D eigenvalue weighted by Gasteiger charge is -2.07. The Hall–Kier alpha value is -1.59. The fourth-order valence-electron chi connectivity index (χ4n) is 1.80. The third-order valence-corrected chi connectivity index (χ3v) is 3.83. The molecule has 0 unspecified atom stereocenters. The summed E-state index contributed by atoms with van der Waals surface area (Å²) in [6.07, 6.45) is 0.853. The van der Waals surface area contributed by atoms with Crippen molar-refractivity contribution in [3.8, 4) is 5.75 Å². The Morgan fingerprint density at radius 1 is 1.00 bits per heavy atom. The first kappa shape index (κ1) is 15.8. The molecule has 0 amide bonds. The molecule has 0 bridgehead atoms. The van der Waals surface area contributed by atoms with Crippen LogP contribution in [0.4, 0.5) is 8.78 Å². The van der Waals surface area contributed by atoms with Gasteiger partial charge in [0.25, 0.3) is 0 Å². The Bertz CT molecular complexity index is 575. The molecule has 0 aliphatic heterocycles. The first-order valence-corrected chi connectivity index (χ1v) is 7.67. The summed E-state index contributed by atoms with van der Waals surface area (Å²) >= 11 is 1.43. The minimum Gasteiger partial charge on any atom is -0.493 e. The fourth-order valence-corrected chi connectivity index (χ4v) is 2.56. The molecule has 0 spiro atoms. The molecule has 0 aliphatic rings. The van der Waals surface area contributed by atoms with E-state index in [-0.39, 0.29) is 0 Å². The maximum atomic E-state index is 13.0. The molecule has 0 atom stereocenters. The predicted octanol–water partition coefficient (Wildman–Crippen LogP) is 3.64. The largest absolute Gasteiger partial charge is 0.493 e. The number of hydrogen-bond acceptors (Lipinski definition) is 3. The predicted molar refractivity (Wildman–Crippen MR) is 81.8 cm³/mol. The molecule has 0 aliphatic carbocycles. The zero-order valence-corrected chi connectivity index (χ0v) is 12.3. The highest BCUT2D eigenvalue weighted by Gasteiger charge is 2.03. The van der Waals surface area contributed by atoms with E-state index in [0.29, 0.717) is 23.8 Å². The van der Waals surface area contributed by atoms with E-state index in [1.807, 2.05) is 24.3 Å². The second-order valence-corrected chi connectivity index (χ2v) is 5.62. The average Bonchev–Trinajstić information content (AvgIpc) is 2.49. The second-order valence-electron chi connectivity index (χ2n) is 4.46. The molecular formula is C16H17F2NOS. The van der Waals surface area contributed by atoms with Gasteiger partial charge in [-0.05, 0) is 48.9 Å². The van der Waals surface area contributed by atoms with Gasteiger partial charge in [0, 0.05) is 10.6 Å². The zero-order chi connectivity index (χ0) is 15.1. The van der Waals surface area contributed by atoms with Gasteiger partial charge in [-0.3, -0.25) is 0 Å². The normalized spacial score (nSPS) is 10.6. The van der Waals surface area contributed by atoms with Crippen molar-refractivity contribution in [3.63, 3.8) is 0 Å². The number of thioether (sulfide) groups is 1. The molecule has 0 radical (unpaired) electrons. The molecule has 2 aromatic carbocycles. The number of nitrogens with two attached hydrogens (primary N) is 1. The monoisotopic (exact) mass is 309 g/mol. The smallest absolute Gasteiger partial charge is 0.159 e. The third-order valence-electron chi connectivity index (χ3n) is 2.87. The van der Waals surface area contributed by atoms with Gasteiger partial charge in [0.05, 0.1) is 6.61 Å². The second kappa shape index (κ2) is 8.00. The highest BCUT2D eigenvalue weighted by atomic mass is 32.2. The van der Waals surface area contributed by atoms with Gasteiger partial charge in [-0.2, -0.15) is 0 Å². The summed E-state index contributed by atoms with van der Waals surface area (Å²) in [6.45, 7) is 1.13. The maximum Gasteiger partial charge on any atom is 0.159 e. The summed E-state index contributed by atoms with van der Waals surface area (Å²) in [5, 5.41) is 0. The molecule has 112 valence electrons. The maximum absolute atomic E-state index is 13.0. The lowest BCUT2D eigenvalue weighted by atomic mass is 10.1. The van der Waals surface area contributed by atoms with E-state index in [9.17, 15) is 8.78 Å². The summed E-state index contributed by atoms with van der Waals surface area (Å²) in [5.41, 5.74) is 6.67. The van der Waals surface area contributed by atoms with Crippen molar-refractivity contribution in [1.29, 1.82) is 0 Å². The number of rotatable bonds is 7. The van der Waals surface area contributed by atoms with E-state index in [0.717, 1.165) is 18.2 Å². The lowest BCUT2D eigenvalue weighted by molar-refractivity contribution is 0.344. The molecule has 2 nitrogen and oxygen atoms in total. The van der Waals surface area contributed by atoms with E-state index >= 15 is 0 Å². The van der Waals surface area contributed by atoms with E-state index in [4.69, 9.17) is 10.5 Å². The minimum atomic E-state index is -0.826. The molecular weight excluding hydrogens is 292 g/mol. The van der Waals surface area contributed by atoms with E-state index in [1.54, 1.807) is 6.07 Å². The zero-order valence-electron chi connectivity index (χ0n) is 11.5. The molecule has 21 heavy (non-hydrogen) atoms. The minimum absolute atomic E-state index is 0.500.